The lowest BCUT2D eigenvalue weighted by Crippen LogP contribution is -2.18. The quantitative estimate of drug-likeness (QED) is 0.233. The van der Waals surface area contributed by atoms with E-state index in [1.165, 1.54) is 0 Å². The molecule has 0 aliphatic carbocycles. The van der Waals surface area contributed by atoms with E-state index in [1.54, 1.807) is 25.1 Å². The van der Waals surface area contributed by atoms with Crippen LogP contribution in [0.1, 0.15) is 12.1 Å². The molecule has 0 fully saturated rings. The first kappa shape index (κ1) is 21.4. The van der Waals surface area contributed by atoms with Gasteiger partial charge in [0.05, 0.1) is 35.6 Å². The van der Waals surface area contributed by atoms with Crippen molar-refractivity contribution in [1.29, 1.82) is 0 Å². The molecule has 3 heterocycles. The number of anilines is 1. The molecule has 4 rings (SSSR count). The number of nitrogen functional groups attached to an aromatic ring is 1. The highest BCUT2D eigenvalue weighted by Crippen LogP contribution is 2.41. The van der Waals surface area contributed by atoms with Crippen LogP contribution in [0.3, 0.4) is 0 Å². The SMILES string of the molecule is COCCOc1cc2cc(C3=NCC(CC(N)=O)S3)[nH]c2c(N)c1-c1ccc[nH]c1=S. The summed E-state index contributed by atoms with van der Waals surface area (Å²) >= 11 is 7.03. The van der Waals surface area contributed by atoms with E-state index in [1.807, 2.05) is 24.3 Å². The third-order valence-corrected chi connectivity index (χ3v) is 6.49. The third kappa shape index (κ3) is 4.46. The van der Waals surface area contributed by atoms with Gasteiger partial charge in [-0.05, 0) is 24.3 Å². The minimum atomic E-state index is -0.322. The Morgan fingerprint density at radius 3 is 2.97 bits per heavy atom. The molecular weight excluding hydrogens is 434 g/mol. The Kier molecular flexibility index (Phi) is 6.30. The number of primary amides is 1. The summed E-state index contributed by atoms with van der Waals surface area (Å²) in [5.74, 6) is 0.308. The molecule has 0 saturated carbocycles. The number of aromatic amines is 2. The van der Waals surface area contributed by atoms with Crippen LogP contribution in [0.15, 0.2) is 35.5 Å². The highest BCUT2D eigenvalue weighted by molar-refractivity contribution is 8.15. The molecule has 1 aliphatic rings. The van der Waals surface area contributed by atoms with Crippen LogP contribution in [0.5, 0.6) is 5.75 Å². The maximum atomic E-state index is 11.2. The number of H-pyrrole nitrogens is 2. The van der Waals surface area contributed by atoms with E-state index >= 15 is 0 Å². The van der Waals surface area contributed by atoms with Crippen molar-refractivity contribution >= 4 is 51.5 Å². The van der Waals surface area contributed by atoms with E-state index in [9.17, 15) is 4.79 Å². The second-order valence-corrected chi connectivity index (χ2v) is 8.82. The molecule has 10 heteroatoms. The minimum Gasteiger partial charge on any atom is -0.490 e. The number of thioether (sulfide) groups is 1. The van der Waals surface area contributed by atoms with Gasteiger partial charge in [0.25, 0.3) is 0 Å². The lowest BCUT2D eigenvalue weighted by molar-refractivity contribution is -0.117. The molecule has 1 unspecified atom stereocenters. The smallest absolute Gasteiger partial charge is 0.218 e. The van der Waals surface area contributed by atoms with Crippen LogP contribution in [0.4, 0.5) is 5.69 Å². The zero-order valence-corrected chi connectivity index (χ0v) is 18.6. The van der Waals surface area contributed by atoms with Gasteiger partial charge in [-0.15, -0.1) is 0 Å². The van der Waals surface area contributed by atoms with E-state index in [4.69, 9.17) is 33.2 Å². The summed E-state index contributed by atoms with van der Waals surface area (Å²) in [5, 5.41) is 1.79. The number of hydrogen-bond acceptors (Lipinski definition) is 7. The summed E-state index contributed by atoms with van der Waals surface area (Å²) in [7, 11) is 1.62. The van der Waals surface area contributed by atoms with E-state index in [0.29, 0.717) is 42.3 Å². The summed E-state index contributed by atoms with van der Waals surface area (Å²) in [6.07, 6.45) is 2.07. The molecule has 162 valence electrons. The van der Waals surface area contributed by atoms with Crippen LogP contribution in [-0.2, 0) is 9.53 Å². The monoisotopic (exact) mass is 457 g/mol. The van der Waals surface area contributed by atoms with Gasteiger partial charge < -0.3 is 30.9 Å². The van der Waals surface area contributed by atoms with Gasteiger partial charge in [0.2, 0.25) is 5.91 Å². The first-order valence-electron chi connectivity index (χ1n) is 9.72. The normalized spacial score (nSPS) is 15.9. The van der Waals surface area contributed by atoms with Gasteiger partial charge in [-0.2, -0.15) is 0 Å². The van der Waals surface area contributed by atoms with E-state index in [2.05, 4.69) is 15.0 Å². The number of amides is 1. The lowest BCUT2D eigenvalue weighted by atomic mass is 10.0. The summed E-state index contributed by atoms with van der Waals surface area (Å²) in [6, 6.07) is 7.72. The van der Waals surface area contributed by atoms with Gasteiger partial charge in [0.15, 0.2) is 0 Å². The van der Waals surface area contributed by atoms with E-state index in [0.717, 1.165) is 32.8 Å². The largest absolute Gasteiger partial charge is 0.490 e. The lowest BCUT2D eigenvalue weighted by Gasteiger charge is -2.15. The number of ether oxygens (including phenoxy) is 2. The van der Waals surface area contributed by atoms with Crippen LogP contribution in [0.25, 0.3) is 22.0 Å². The Balaban J connectivity index is 1.77. The number of carbonyl (C=O) groups excluding carboxylic acids is 1. The van der Waals surface area contributed by atoms with Crippen LogP contribution < -0.4 is 16.2 Å². The molecule has 1 aromatic carbocycles. The molecule has 1 amide bonds. The van der Waals surface area contributed by atoms with E-state index in [-0.39, 0.29) is 11.2 Å². The minimum absolute atomic E-state index is 0.0578. The number of nitrogens with one attached hydrogen (secondary N) is 2. The van der Waals surface area contributed by atoms with Gasteiger partial charge in [0.1, 0.15) is 22.0 Å². The number of benzene rings is 1. The predicted molar refractivity (Wildman–Crippen MR) is 127 cm³/mol. The molecule has 0 bridgehead atoms. The summed E-state index contributed by atoms with van der Waals surface area (Å²) in [4.78, 5) is 22.2. The molecule has 6 N–H and O–H groups in total. The molecule has 0 saturated heterocycles. The number of aliphatic imine (C=N–C) groups is 1. The summed E-state index contributed by atoms with van der Waals surface area (Å²) in [6.45, 7) is 1.39. The van der Waals surface area contributed by atoms with Crippen molar-refractivity contribution in [2.45, 2.75) is 11.7 Å². The van der Waals surface area contributed by atoms with Gasteiger partial charge in [-0.25, -0.2) is 0 Å². The van der Waals surface area contributed by atoms with Crippen molar-refractivity contribution in [1.82, 2.24) is 9.97 Å². The zero-order valence-electron chi connectivity index (χ0n) is 16.9. The van der Waals surface area contributed by atoms with Crippen LogP contribution >= 0.6 is 24.0 Å². The maximum absolute atomic E-state index is 11.2. The van der Waals surface area contributed by atoms with Crippen LogP contribution in [-0.4, -0.2) is 53.0 Å². The second-order valence-electron chi connectivity index (χ2n) is 7.12. The highest BCUT2D eigenvalue weighted by Gasteiger charge is 2.25. The van der Waals surface area contributed by atoms with Gasteiger partial charge in [-0.1, -0.05) is 24.0 Å². The third-order valence-electron chi connectivity index (χ3n) is 4.93. The zero-order chi connectivity index (χ0) is 22.0. The fraction of sp³-hybridized carbons (Fsp3) is 0.286. The van der Waals surface area contributed by atoms with Crippen molar-refractivity contribution in [2.24, 2.45) is 10.7 Å². The fourth-order valence-electron chi connectivity index (χ4n) is 3.54. The number of nitrogens with two attached hydrogens (primary N) is 2. The van der Waals surface area contributed by atoms with Crippen molar-refractivity contribution in [3.05, 3.63) is 40.8 Å². The number of methoxy groups -OCH3 is 1. The molecule has 0 spiro atoms. The Morgan fingerprint density at radius 2 is 2.23 bits per heavy atom. The van der Waals surface area contributed by atoms with Crippen molar-refractivity contribution in [3.63, 3.8) is 0 Å². The average Bonchev–Trinajstić information content (AvgIpc) is 3.36. The number of pyridine rings is 1. The number of fused-ring (bicyclic) bond motifs is 1. The average molecular weight is 458 g/mol. The fourth-order valence-corrected chi connectivity index (χ4v) is 4.87. The standard InChI is InChI=1S/C21H23N5O3S2/c1-28-5-6-29-15-8-11-7-14(21-25-10-12(31-21)9-16(22)27)26-19(11)18(23)17(15)13-3-2-4-24-20(13)30/h2-4,7-8,12,26H,5-6,9-10,23H2,1H3,(H2,22,27)(H,24,30). The highest BCUT2D eigenvalue weighted by atomic mass is 32.2. The van der Waals surface area contributed by atoms with Crippen LogP contribution in [0.2, 0.25) is 0 Å². The molecular formula is C21H23N5O3S2. The van der Waals surface area contributed by atoms with E-state index < -0.39 is 0 Å². The van der Waals surface area contributed by atoms with Crippen LogP contribution in [0, 0.1) is 4.64 Å². The van der Waals surface area contributed by atoms with Crippen molar-refractivity contribution in [3.8, 4) is 16.9 Å². The molecule has 1 aliphatic heterocycles. The first-order valence-corrected chi connectivity index (χ1v) is 11.0. The predicted octanol–water partition coefficient (Wildman–Crippen LogP) is 3.24. The summed E-state index contributed by atoms with van der Waals surface area (Å²) < 4.78 is 11.7. The maximum Gasteiger partial charge on any atom is 0.218 e. The molecule has 2 aromatic heterocycles. The van der Waals surface area contributed by atoms with Gasteiger partial charge >= 0.3 is 0 Å². The number of rotatable bonds is 8. The number of hydrogen-bond donors (Lipinski definition) is 4. The topological polar surface area (TPSA) is 132 Å². The molecule has 8 nitrogen and oxygen atoms in total. The summed E-state index contributed by atoms with van der Waals surface area (Å²) in [5.41, 5.74) is 15.6. The number of aromatic nitrogens is 2. The number of carbonyl (C=O) groups is 1. The van der Waals surface area contributed by atoms with Crippen molar-refractivity contribution < 1.29 is 14.3 Å². The number of nitrogens with zero attached hydrogens (tertiary/aromatic N) is 1. The Morgan fingerprint density at radius 1 is 1.39 bits per heavy atom. The Hall–Kier alpha value is -2.82. The van der Waals surface area contributed by atoms with Gasteiger partial charge in [0, 0.05) is 35.9 Å². The molecule has 1 atom stereocenters. The first-order chi connectivity index (χ1) is 15.0. The Bertz CT molecular complexity index is 1220. The molecule has 31 heavy (non-hydrogen) atoms. The Labute approximate surface area is 188 Å². The molecule has 3 aromatic rings. The van der Waals surface area contributed by atoms with Crippen molar-refractivity contribution in [2.75, 3.05) is 32.6 Å². The second kappa shape index (κ2) is 9.13. The molecule has 0 radical (unpaired) electrons. The van der Waals surface area contributed by atoms with Gasteiger partial charge in [-0.3, -0.25) is 9.79 Å².